The molecule has 0 bridgehead atoms. The van der Waals surface area contributed by atoms with Gasteiger partial charge in [-0.25, -0.2) is 0 Å². The van der Waals surface area contributed by atoms with Gasteiger partial charge in [0, 0.05) is 115 Å². The van der Waals surface area contributed by atoms with Gasteiger partial charge in [0.05, 0.1) is 150 Å². The van der Waals surface area contributed by atoms with E-state index in [4.69, 9.17) is 29.9 Å². The highest BCUT2D eigenvalue weighted by Gasteiger charge is 2.39. The van der Waals surface area contributed by atoms with Crippen molar-refractivity contribution in [3.05, 3.63) is 430 Å². The average Bonchev–Trinajstić information content (AvgIpc) is 1.52. The molecule has 13 aromatic heterocycles. The second-order valence-electron chi connectivity index (χ2n) is 35.5. The topological polar surface area (TPSA) is 140 Å². The number of aliphatic imine (C=N–C) groups is 1. The number of allylic oxidation sites excluding steroid dienone is 1. The van der Waals surface area contributed by atoms with Gasteiger partial charge < -0.3 is 36.5 Å². The molecule has 0 atom stereocenters. The fourth-order valence-electron chi connectivity index (χ4n) is 22.6. The molecule has 0 amide bonds. The second kappa shape index (κ2) is 29.5. The minimum Gasteiger partial charge on any atom is -0.308 e. The Morgan fingerprint density at radius 1 is 0.212 bits per heavy atom. The fourth-order valence-corrected chi connectivity index (χ4v) is 22.6. The Bertz CT molecular complexity index is 9360. The third kappa shape index (κ3) is 11.1. The number of nitriles is 1. The zero-order valence-electron chi connectivity index (χ0n) is 73.4. The van der Waals surface area contributed by atoms with Gasteiger partial charge >= 0.3 is 0 Å². The zero-order valence-corrected chi connectivity index (χ0v) is 73.4. The molecule has 1 aliphatic rings. The summed E-state index contributed by atoms with van der Waals surface area (Å²) in [6, 6.07) is 141. The van der Waals surface area contributed by atoms with Crippen molar-refractivity contribution >= 4 is 182 Å². The molecule has 0 fully saturated rings. The maximum atomic E-state index is 14.5. The smallest absolute Gasteiger partial charge is 0.105 e. The van der Waals surface area contributed by atoms with Crippen molar-refractivity contribution in [3.8, 4) is 96.1 Å². The first kappa shape index (κ1) is 75.9. The van der Waals surface area contributed by atoms with E-state index in [0.29, 0.717) is 34.7 Å². The first-order valence-electron chi connectivity index (χ1n) is 46.2. The third-order valence-corrected chi connectivity index (χ3v) is 28.3. The molecule has 0 unspecified atom stereocenters. The molecule has 15 heteroatoms. The zero-order chi connectivity index (χ0) is 89.8. The van der Waals surface area contributed by atoms with Crippen LogP contribution >= 0.6 is 0 Å². The van der Waals surface area contributed by atoms with E-state index in [-0.39, 0.29) is 0 Å². The summed E-state index contributed by atoms with van der Waals surface area (Å²) < 4.78 is 19.3. The summed E-state index contributed by atoms with van der Waals surface area (Å²) in [6.07, 6.45) is 16.6. The molecule has 28 aromatic rings. The molecule has 15 nitrogen and oxygen atoms in total. The molecule has 636 valence electrons. The Labute approximate surface area is 781 Å². The molecule has 15 aromatic carbocycles. The lowest BCUT2D eigenvalue weighted by atomic mass is 10.0. The van der Waals surface area contributed by atoms with Crippen LogP contribution in [0.3, 0.4) is 0 Å². The van der Waals surface area contributed by atoms with Gasteiger partial charge in [0.25, 0.3) is 0 Å². The number of fused-ring (bicyclic) bond motifs is 24. The SMILES string of the molecule is N#Cc1c(-n2c3ccc(-n4c5ccccc5c5ncccc54)cc3c3ncccc32)c(-n2c3ccc(-c4ccccc4)cc3c3cc(-c4ccccc4)ccc32)c(-n2c3c(c4cc(-n5c6ccccc6c6ncccc65)ccc42)N=CCC=C3)c(-n2c3ccc(-c4ccccc4)cc3c3cc(-c4ccccc4)ccc32)c1-n1c2ccc(-n3c4ccccc4c4ncccc43)cc2c2ncccc21. The van der Waals surface area contributed by atoms with E-state index in [2.05, 4.69) is 407 Å². The quantitative estimate of drug-likeness (QED) is 0.119. The van der Waals surface area contributed by atoms with Crippen LogP contribution in [-0.2, 0) is 0 Å². The third-order valence-electron chi connectivity index (χ3n) is 28.3. The number of pyridine rings is 5. The molecule has 0 saturated carbocycles. The lowest BCUT2D eigenvalue weighted by Gasteiger charge is -2.30. The number of para-hydroxylation sites is 3. The van der Waals surface area contributed by atoms with E-state index in [9.17, 15) is 5.26 Å². The lowest BCUT2D eigenvalue weighted by Crippen LogP contribution is -2.19. The Morgan fingerprint density at radius 3 is 0.832 bits per heavy atom. The van der Waals surface area contributed by atoms with Crippen LogP contribution in [-0.4, -0.2) is 67.7 Å². The number of rotatable bonds is 12. The summed E-state index contributed by atoms with van der Waals surface area (Å²) in [5.74, 6) is 0. The molecule has 137 heavy (non-hydrogen) atoms. The molecule has 14 heterocycles. The number of benzene rings is 15. The van der Waals surface area contributed by atoms with Crippen LogP contribution in [0.5, 0.6) is 0 Å². The molecule has 0 aliphatic carbocycles. The van der Waals surface area contributed by atoms with Gasteiger partial charge in [-0.2, -0.15) is 5.26 Å². The van der Waals surface area contributed by atoms with E-state index < -0.39 is 0 Å². The van der Waals surface area contributed by atoms with Gasteiger partial charge in [-0.05, 0) is 233 Å². The van der Waals surface area contributed by atoms with Crippen molar-refractivity contribution in [2.75, 3.05) is 0 Å². The van der Waals surface area contributed by atoms with Crippen molar-refractivity contribution in [1.82, 2.24) is 61.5 Å². The van der Waals surface area contributed by atoms with Crippen LogP contribution in [0.15, 0.2) is 424 Å². The van der Waals surface area contributed by atoms with Crippen molar-refractivity contribution in [2.45, 2.75) is 6.42 Å². The lowest BCUT2D eigenvalue weighted by molar-refractivity contribution is 0.975. The molecule has 0 spiro atoms. The van der Waals surface area contributed by atoms with E-state index in [1.807, 2.05) is 67.5 Å². The van der Waals surface area contributed by atoms with Crippen LogP contribution in [0, 0.1) is 11.3 Å². The Hall–Kier alpha value is -18.9. The summed E-state index contributed by atoms with van der Waals surface area (Å²) in [5, 5.41) is 24.2. The molecule has 0 radical (unpaired) electrons. The Morgan fingerprint density at radius 2 is 0.482 bits per heavy atom. The maximum Gasteiger partial charge on any atom is 0.105 e. The van der Waals surface area contributed by atoms with Gasteiger partial charge in [0.1, 0.15) is 11.6 Å². The predicted octanol–water partition coefficient (Wildman–Crippen LogP) is 29.9. The predicted molar refractivity (Wildman–Crippen MR) is 561 cm³/mol. The van der Waals surface area contributed by atoms with Gasteiger partial charge in [-0.15, -0.1) is 0 Å². The van der Waals surface area contributed by atoms with Crippen LogP contribution in [0.1, 0.15) is 17.7 Å². The van der Waals surface area contributed by atoms with Crippen molar-refractivity contribution in [3.63, 3.8) is 0 Å². The molecule has 0 N–H and O–H groups in total. The summed E-state index contributed by atoms with van der Waals surface area (Å²) >= 11 is 0. The fraction of sp³-hybridized carbons (Fsp3) is 0.00820. The first-order chi connectivity index (χ1) is 68.0. The van der Waals surface area contributed by atoms with E-state index in [0.717, 1.165) is 243 Å². The highest BCUT2D eigenvalue weighted by molar-refractivity contribution is 6.20. The number of hydrogen-bond acceptors (Lipinski definition) is 7. The van der Waals surface area contributed by atoms with Crippen LogP contribution in [0.4, 0.5) is 5.69 Å². The normalized spacial score (nSPS) is 12.4. The molecular weight excluding hydrogens is 1680 g/mol. The van der Waals surface area contributed by atoms with Crippen LogP contribution in [0.2, 0.25) is 0 Å². The molecular formula is C122H73N15. The van der Waals surface area contributed by atoms with Crippen LogP contribution < -0.4 is 0 Å². The largest absolute Gasteiger partial charge is 0.308 e. The second-order valence-corrected chi connectivity index (χ2v) is 35.5. The molecule has 1 aliphatic heterocycles. The van der Waals surface area contributed by atoms with Gasteiger partial charge in [0.15, 0.2) is 0 Å². The minimum atomic E-state index is 0.353. The first-order valence-corrected chi connectivity index (χ1v) is 46.2. The average molecular weight is 1750 g/mol. The Kier molecular flexibility index (Phi) is 16.4. The number of aromatic nitrogens is 13. The van der Waals surface area contributed by atoms with Crippen LogP contribution in [0.25, 0.3) is 260 Å². The number of nitrogens with zero attached hydrogens (tertiary/aromatic N) is 15. The van der Waals surface area contributed by atoms with Gasteiger partial charge in [-0.1, -0.05) is 206 Å². The maximum absolute atomic E-state index is 14.5. The standard InChI is InChI=1S/C122H73N15/c123-73-95-118(135-103-57-50-82(70-92(103)116-110(135)44-24-64-128-116)130-96-37-16-13-34-85(96)112-106(130)41-21-61-125-112)120(133-99-53-46-78(74-26-5-1-6-27-74)66-88(99)89-67-79(47-54-100(89)133)75-28-7-2-8-29-75)122(137-105-59-52-84(72-94(105)115-109(137)40-19-20-60-124-115)132-98-39-18-15-36-87(98)114-108(132)43-23-63-127-114)121(134-101-55-48-80(76-30-9-3-10-31-76)68-90(101)91-69-81(49-56-102(91)134)77-32-11-4-12-33-77)119(95)136-104-58-51-83(71-93(104)117-111(136)45-25-65-129-117)131-97-38-17-14-35-86(97)113-107(131)42-22-62-126-113/h1-19,21-72H,20H2. The summed E-state index contributed by atoms with van der Waals surface area (Å²) in [6.45, 7) is 0. The highest BCUT2D eigenvalue weighted by atomic mass is 15.2. The van der Waals surface area contributed by atoms with Crippen molar-refractivity contribution in [1.29, 1.82) is 5.26 Å². The summed E-state index contributed by atoms with van der Waals surface area (Å²) in [4.78, 5) is 32.2. The van der Waals surface area contributed by atoms with Gasteiger partial charge in [0.2, 0.25) is 0 Å². The van der Waals surface area contributed by atoms with E-state index in [1.165, 1.54) is 0 Å². The van der Waals surface area contributed by atoms with E-state index >= 15 is 0 Å². The number of hydrogen-bond donors (Lipinski definition) is 0. The minimum absolute atomic E-state index is 0.353. The van der Waals surface area contributed by atoms with Crippen molar-refractivity contribution < 1.29 is 0 Å². The monoisotopic (exact) mass is 1750 g/mol. The van der Waals surface area contributed by atoms with Crippen molar-refractivity contribution in [2.24, 2.45) is 4.99 Å². The highest BCUT2D eigenvalue weighted by Crippen LogP contribution is 2.55. The van der Waals surface area contributed by atoms with E-state index in [1.54, 1.807) is 0 Å². The van der Waals surface area contributed by atoms with Gasteiger partial charge in [-0.3, -0.25) is 29.9 Å². The summed E-state index contributed by atoms with van der Waals surface area (Å²) in [7, 11) is 0. The molecule has 29 rings (SSSR count). The summed E-state index contributed by atoms with van der Waals surface area (Å²) in [5.41, 5.74) is 34.2. The molecule has 0 saturated heterocycles. The Balaban J connectivity index is 0.875.